The van der Waals surface area contributed by atoms with Gasteiger partial charge in [-0.1, -0.05) is 49.4 Å². The van der Waals surface area contributed by atoms with E-state index in [4.69, 9.17) is 4.74 Å². The third kappa shape index (κ3) is 4.95. The summed E-state index contributed by atoms with van der Waals surface area (Å²) in [5.41, 5.74) is 2.25. The van der Waals surface area contributed by atoms with Crippen LogP contribution >= 0.6 is 0 Å². The molecule has 0 saturated heterocycles. The number of hydrogen-bond donors (Lipinski definition) is 1. The van der Waals surface area contributed by atoms with Gasteiger partial charge in [-0.2, -0.15) is 0 Å². The number of hydrogen-bond acceptors (Lipinski definition) is 3. The highest BCUT2D eigenvalue weighted by Crippen LogP contribution is 2.36. The van der Waals surface area contributed by atoms with Crippen LogP contribution in [0.4, 0.5) is 10.1 Å². The van der Waals surface area contributed by atoms with Crippen LogP contribution in [0.3, 0.4) is 0 Å². The van der Waals surface area contributed by atoms with E-state index >= 15 is 0 Å². The molecule has 4 rings (SSSR count). The van der Waals surface area contributed by atoms with Crippen molar-refractivity contribution in [2.75, 3.05) is 4.90 Å². The summed E-state index contributed by atoms with van der Waals surface area (Å²) in [6, 6.07) is 20.6. The van der Waals surface area contributed by atoms with Gasteiger partial charge >= 0.3 is 0 Å². The minimum Gasteiger partial charge on any atom is -0.449 e. The first kappa shape index (κ1) is 22.3. The Hall–Kier alpha value is -3.93. The van der Waals surface area contributed by atoms with E-state index < -0.39 is 0 Å². The van der Waals surface area contributed by atoms with Gasteiger partial charge in [-0.3, -0.25) is 14.5 Å². The molecule has 0 aromatic heterocycles. The summed E-state index contributed by atoms with van der Waals surface area (Å²) in [6.07, 6.45) is 2.48. The van der Waals surface area contributed by atoms with Crippen LogP contribution in [0, 0.1) is 5.82 Å². The predicted octanol–water partition coefficient (Wildman–Crippen LogP) is 5.32. The molecule has 2 amide bonds. The Morgan fingerprint density at radius 3 is 2.48 bits per heavy atom. The van der Waals surface area contributed by atoms with Crippen molar-refractivity contribution >= 4 is 23.6 Å². The fraction of sp³-hybridized carbons (Fsp3) is 0.185. The van der Waals surface area contributed by atoms with E-state index in [2.05, 4.69) is 5.32 Å². The van der Waals surface area contributed by atoms with Gasteiger partial charge in [0.05, 0.1) is 12.2 Å². The third-order valence-electron chi connectivity index (χ3n) is 5.58. The number of benzene rings is 3. The van der Waals surface area contributed by atoms with Gasteiger partial charge in [0.1, 0.15) is 5.82 Å². The molecular formula is C27H25FN2O3. The molecule has 0 saturated carbocycles. The van der Waals surface area contributed by atoms with Crippen molar-refractivity contribution in [3.05, 3.63) is 101 Å². The van der Waals surface area contributed by atoms with E-state index in [0.717, 1.165) is 6.42 Å². The number of nitrogens with zero attached hydrogens (tertiary/aromatic N) is 1. The topological polar surface area (TPSA) is 58.6 Å². The zero-order chi connectivity index (χ0) is 23.4. The standard InChI is InChI=1S/C27H25FN2O3/c1-3-18(2)29-26(31)20-14-12-19(13-15-20)16-25-27(32)30(17-21-8-4-5-9-22(21)28)23-10-6-7-11-24(23)33-25/h4-16,18H,3,17H2,1-2H3,(H,29,31)/b25-16-/t18-/m1/s1. The van der Waals surface area contributed by atoms with Gasteiger partial charge in [0.15, 0.2) is 11.5 Å². The Balaban J connectivity index is 1.61. The lowest BCUT2D eigenvalue weighted by Crippen LogP contribution is -2.37. The predicted molar refractivity (Wildman–Crippen MR) is 126 cm³/mol. The first-order valence-corrected chi connectivity index (χ1v) is 10.9. The van der Waals surface area contributed by atoms with Gasteiger partial charge in [-0.05, 0) is 55.3 Å². The molecule has 168 valence electrons. The molecule has 1 atom stereocenters. The van der Waals surface area contributed by atoms with Gasteiger partial charge in [-0.15, -0.1) is 0 Å². The maximum absolute atomic E-state index is 14.3. The zero-order valence-electron chi connectivity index (χ0n) is 18.5. The molecule has 1 aliphatic rings. The number of ether oxygens (including phenoxy) is 1. The average molecular weight is 445 g/mol. The Morgan fingerprint density at radius 1 is 1.06 bits per heavy atom. The monoisotopic (exact) mass is 444 g/mol. The smallest absolute Gasteiger partial charge is 0.294 e. The normalized spacial score (nSPS) is 15.1. The van der Waals surface area contributed by atoms with Crippen LogP contribution < -0.4 is 15.0 Å². The molecule has 1 heterocycles. The lowest BCUT2D eigenvalue weighted by molar-refractivity contribution is -0.117. The van der Waals surface area contributed by atoms with Crippen molar-refractivity contribution in [3.63, 3.8) is 0 Å². The molecular weight excluding hydrogens is 419 g/mol. The molecule has 33 heavy (non-hydrogen) atoms. The third-order valence-corrected chi connectivity index (χ3v) is 5.58. The lowest BCUT2D eigenvalue weighted by Gasteiger charge is -2.30. The summed E-state index contributed by atoms with van der Waals surface area (Å²) in [7, 11) is 0. The van der Waals surface area contributed by atoms with Crippen LogP contribution in [0.5, 0.6) is 5.75 Å². The molecule has 1 aliphatic heterocycles. The first-order valence-electron chi connectivity index (χ1n) is 10.9. The van der Waals surface area contributed by atoms with Crippen molar-refractivity contribution in [1.82, 2.24) is 5.32 Å². The minimum atomic E-state index is -0.369. The van der Waals surface area contributed by atoms with Crippen LogP contribution in [-0.4, -0.2) is 17.9 Å². The second-order valence-corrected chi connectivity index (χ2v) is 7.97. The number of carbonyl (C=O) groups is 2. The second kappa shape index (κ2) is 9.69. The number of anilines is 1. The largest absolute Gasteiger partial charge is 0.449 e. The minimum absolute atomic E-state index is 0.0813. The summed E-state index contributed by atoms with van der Waals surface area (Å²) in [4.78, 5) is 27.1. The van der Waals surface area contributed by atoms with E-state index in [1.165, 1.54) is 11.0 Å². The second-order valence-electron chi connectivity index (χ2n) is 7.97. The Kier molecular flexibility index (Phi) is 6.54. The lowest BCUT2D eigenvalue weighted by atomic mass is 10.1. The number of fused-ring (bicyclic) bond motifs is 1. The highest BCUT2D eigenvalue weighted by atomic mass is 19.1. The van der Waals surface area contributed by atoms with Crippen LogP contribution in [0.2, 0.25) is 0 Å². The van der Waals surface area contributed by atoms with Gasteiger partial charge in [-0.25, -0.2) is 4.39 Å². The molecule has 0 aliphatic carbocycles. The Morgan fingerprint density at radius 2 is 1.76 bits per heavy atom. The van der Waals surface area contributed by atoms with Crippen molar-refractivity contribution in [1.29, 1.82) is 0 Å². The Labute approximate surface area is 192 Å². The van der Waals surface area contributed by atoms with Crippen LogP contribution in [0.25, 0.3) is 6.08 Å². The van der Waals surface area contributed by atoms with Crippen LogP contribution in [0.15, 0.2) is 78.6 Å². The van der Waals surface area contributed by atoms with Crippen LogP contribution in [0.1, 0.15) is 41.8 Å². The van der Waals surface area contributed by atoms with Gasteiger partial charge in [0.2, 0.25) is 0 Å². The number of halogens is 1. The molecule has 3 aromatic rings. The summed E-state index contributed by atoms with van der Waals surface area (Å²) in [6.45, 7) is 4.04. The van der Waals surface area contributed by atoms with E-state index in [1.807, 2.05) is 26.0 Å². The average Bonchev–Trinajstić information content (AvgIpc) is 2.83. The van der Waals surface area contributed by atoms with Gasteiger partial charge < -0.3 is 10.1 Å². The molecule has 3 aromatic carbocycles. The van der Waals surface area contributed by atoms with Crippen molar-refractivity contribution in [3.8, 4) is 5.75 Å². The van der Waals surface area contributed by atoms with Gasteiger partial charge in [0.25, 0.3) is 11.8 Å². The molecule has 0 radical (unpaired) electrons. The fourth-order valence-electron chi connectivity index (χ4n) is 3.51. The molecule has 0 bridgehead atoms. The summed E-state index contributed by atoms with van der Waals surface area (Å²) < 4.78 is 20.2. The summed E-state index contributed by atoms with van der Waals surface area (Å²) in [5, 5.41) is 2.93. The highest BCUT2D eigenvalue weighted by molar-refractivity contribution is 6.09. The number of rotatable bonds is 6. The maximum atomic E-state index is 14.3. The van der Waals surface area contributed by atoms with E-state index in [9.17, 15) is 14.0 Å². The molecule has 0 unspecified atom stereocenters. The van der Waals surface area contributed by atoms with Gasteiger partial charge in [0, 0.05) is 17.2 Å². The van der Waals surface area contributed by atoms with Crippen LogP contribution in [-0.2, 0) is 11.3 Å². The summed E-state index contributed by atoms with van der Waals surface area (Å²) >= 11 is 0. The number of carbonyl (C=O) groups excluding carboxylic acids is 2. The SMILES string of the molecule is CC[C@@H](C)NC(=O)c1ccc(/C=C2\Oc3ccccc3N(Cc3ccccc3F)C2=O)cc1. The molecule has 0 spiro atoms. The van der Waals surface area contributed by atoms with Crippen molar-refractivity contribution < 1.29 is 18.7 Å². The number of amides is 2. The Bertz CT molecular complexity index is 1200. The highest BCUT2D eigenvalue weighted by Gasteiger charge is 2.30. The van der Waals surface area contributed by atoms with Crippen molar-refractivity contribution in [2.24, 2.45) is 0 Å². The zero-order valence-corrected chi connectivity index (χ0v) is 18.5. The first-order chi connectivity index (χ1) is 16.0. The molecule has 5 nitrogen and oxygen atoms in total. The quantitative estimate of drug-likeness (QED) is 0.524. The number of nitrogens with one attached hydrogen (secondary N) is 1. The number of para-hydroxylation sites is 2. The molecule has 6 heteroatoms. The van der Waals surface area contributed by atoms with E-state index in [0.29, 0.717) is 28.1 Å². The fourth-order valence-corrected chi connectivity index (χ4v) is 3.51. The molecule has 1 N–H and O–H groups in total. The maximum Gasteiger partial charge on any atom is 0.294 e. The molecule has 0 fully saturated rings. The van der Waals surface area contributed by atoms with E-state index in [-0.39, 0.29) is 36.0 Å². The summed E-state index contributed by atoms with van der Waals surface area (Å²) in [5.74, 6) is -0.230. The van der Waals surface area contributed by atoms with E-state index in [1.54, 1.807) is 60.7 Å². The van der Waals surface area contributed by atoms with Crippen molar-refractivity contribution in [2.45, 2.75) is 32.9 Å².